The van der Waals surface area contributed by atoms with E-state index in [1.165, 1.54) is 17.0 Å². The monoisotopic (exact) mass is 521 g/mol. The van der Waals surface area contributed by atoms with Crippen molar-refractivity contribution in [2.75, 3.05) is 32.0 Å². The quantitative estimate of drug-likeness (QED) is 0.495. The topological polar surface area (TPSA) is 61.9 Å². The van der Waals surface area contributed by atoms with Gasteiger partial charge in [0.25, 0.3) is 5.91 Å². The van der Waals surface area contributed by atoms with Gasteiger partial charge in [-0.3, -0.25) is 4.79 Å². The Bertz CT molecular complexity index is 1170. The summed E-state index contributed by atoms with van der Waals surface area (Å²) in [4.78, 5) is 29.0. The lowest BCUT2D eigenvalue weighted by Gasteiger charge is -2.34. The van der Waals surface area contributed by atoms with Gasteiger partial charge in [0.15, 0.2) is 0 Å². The van der Waals surface area contributed by atoms with E-state index in [-0.39, 0.29) is 28.1 Å². The summed E-state index contributed by atoms with van der Waals surface area (Å²) >= 11 is 12.8. The fourth-order valence-corrected chi connectivity index (χ4v) is 5.28. The van der Waals surface area contributed by atoms with Crippen LogP contribution in [-0.4, -0.2) is 54.1 Å². The van der Waals surface area contributed by atoms with Crippen molar-refractivity contribution in [3.05, 3.63) is 62.9 Å². The van der Waals surface area contributed by atoms with E-state index < -0.39 is 23.1 Å². The number of nitrogens with one attached hydrogen (secondary N) is 1. The summed E-state index contributed by atoms with van der Waals surface area (Å²) in [7, 11) is 1.79. The molecule has 2 heterocycles. The van der Waals surface area contributed by atoms with Crippen LogP contribution in [0.15, 0.2) is 30.3 Å². The first kappa shape index (κ1) is 25.6. The predicted octanol–water partition coefficient (Wildman–Crippen LogP) is 6.10. The SMILES string of the molecule is CN1CCCc2ccc(N[C@]3(c4c(F)ccc(Cl)c4Cl)CCN(C(=O)OC(C)(C)C)C3)cc2C1=O. The highest BCUT2D eigenvalue weighted by molar-refractivity contribution is 6.42. The largest absolute Gasteiger partial charge is 0.444 e. The smallest absolute Gasteiger partial charge is 0.410 e. The Morgan fingerprint density at radius 2 is 1.91 bits per heavy atom. The van der Waals surface area contributed by atoms with Gasteiger partial charge in [-0.05, 0) is 69.9 Å². The molecule has 2 aliphatic rings. The number of anilines is 1. The van der Waals surface area contributed by atoms with Gasteiger partial charge in [-0.25, -0.2) is 9.18 Å². The molecule has 9 heteroatoms. The van der Waals surface area contributed by atoms with Crippen LogP contribution >= 0.6 is 23.2 Å². The number of amides is 2. The average Bonchev–Trinajstić information content (AvgIpc) is 3.14. The van der Waals surface area contributed by atoms with Gasteiger partial charge in [0.2, 0.25) is 0 Å². The second-order valence-electron chi connectivity index (χ2n) is 10.3. The number of carbonyl (C=O) groups is 2. The average molecular weight is 522 g/mol. The number of ether oxygens (including phenoxy) is 1. The van der Waals surface area contributed by atoms with Crippen molar-refractivity contribution in [3.63, 3.8) is 0 Å². The van der Waals surface area contributed by atoms with Crippen molar-refractivity contribution < 1.29 is 18.7 Å². The van der Waals surface area contributed by atoms with Gasteiger partial charge in [0.05, 0.1) is 22.1 Å². The summed E-state index contributed by atoms with van der Waals surface area (Å²) < 4.78 is 20.8. The van der Waals surface area contributed by atoms with Crippen LogP contribution in [0.4, 0.5) is 14.9 Å². The molecule has 2 aromatic carbocycles. The number of nitrogens with zero attached hydrogens (tertiary/aromatic N) is 2. The summed E-state index contributed by atoms with van der Waals surface area (Å²) in [6.45, 7) is 6.52. The minimum absolute atomic E-state index is 0.0519. The molecule has 0 radical (unpaired) electrons. The van der Waals surface area contributed by atoms with Gasteiger partial charge >= 0.3 is 6.09 Å². The predicted molar refractivity (Wildman–Crippen MR) is 136 cm³/mol. The first-order valence-corrected chi connectivity index (χ1v) is 12.4. The number of fused-ring (bicyclic) bond motifs is 1. The molecule has 0 aliphatic carbocycles. The van der Waals surface area contributed by atoms with Gasteiger partial charge in [-0.2, -0.15) is 0 Å². The number of halogens is 3. The van der Waals surface area contributed by atoms with Crippen LogP contribution < -0.4 is 5.32 Å². The first-order valence-electron chi connectivity index (χ1n) is 11.7. The van der Waals surface area contributed by atoms with Crippen molar-refractivity contribution in [2.24, 2.45) is 0 Å². The maximum Gasteiger partial charge on any atom is 0.410 e. The van der Waals surface area contributed by atoms with Crippen LogP contribution in [0.3, 0.4) is 0 Å². The van der Waals surface area contributed by atoms with Crippen LogP contribution in [0, 0.1) is 5.82 Å². The Morgan fingerprint density at radius 3 is 2.63 bits per heavy atom. The number of carbonyl (C=O) groups excluding carboxylic acids is 2. The zero-order valence-corrected chi connectivity index (χ0v) is 21.9. The zero-order chi connectivity index (χ0) is 25.5. The third-order valence-electron chi connectivity index (χ3n) is 6.45. The summed E-state index contributed by atoms with van der Waals surface area (Å²) in [6, 6.07) is 8.30. The lowest BCUT2D eigenvalue weighted by atomic mass is 9.87. The van der Waals surface area contributed by atoms with Crippen LogP contribution in [0.25, 0.3) is 0 Å². The van der Waals surface area contributed by atoms with E-state index in [0.717, 1.165) is 18.4 Å². The van der Waals surface area contributed by atoms with Gasteiger partial charge < -0.3 is 19.9 Å². The molecule has 0 unspecified atom stereocenters. The number of hydrogen-bond donors (Lipinski definition) is 1. The molecule has 0 bridgehead atoms. The van der Waals surface area contributed by atoms with Crippen LogP contribution in [0.5, 0.6) is 0 Å². The van der Waals surface area contributed by atoms with Crippen molar-refractivity contribution in [3.8, 4) is 0 Å². The lowest BCUT2D eigenvalue weighted by Crippen LogP contribution is -2.42. The molecule has 188 valence electrons. The second-order valence-corrected chi connectivity index (χ2v) is 11.1. The molecule has 35 heavy (non-hydrogen) atoms. The number of hydrogen-bond acceptors (Lipinski definition) is 4. The van der Waals surface area contributed by atoms with Gasteiger partial charge in [0.1, 0.15) is 11.4 Å². The molecule has 1 fully saturated rings. The molecule has 0 saturated carbocycles. The van der Waals surface area contributed by atoms with Crippen molar-refractivity contribution in [1.29, 1.82) is 0 Å². The number of rotatable bonds is 3. The molecule has 4 rings (SSSR count). The Hall–Kier alpha value is -2.51. The fourth-order valence-electron chi connectivity index (χ4n) is 4.79. The third kappa shape index (κ3) is 5.21. The second kappa shape index (κ2) is 9.51. The van der Waals surface area contributed by atoms with Crippen molar-refractivity contribution in [2.45, 2.75) is 51.2 Å². The fraction of sp³-hybridized carbons (Fsp3) is 0.462. The normalized spacial score (nSPS) is 20.5. The molecule has 6 nitrogen and oxygen atoms in total. The maximum absolute atomic E-state index is 15.3. The lowest BCUT2D eigenvalue weighted by molar-refractivity contribution is 0.0286. The first-order chi connectivity index (χ1) is 16.4. The molecular formula is C26H30Cl2FN3O3. The summed E-state index contributed by atoms with van der Waals surface area (Å²) in [5.41, 5.74) is 0.678. The highest BCUT2D eigenvalue weighted by atomic mass is 35.5. The van der Waals surface area contributed by atoms with Gasteiger partial charge in [-0.15, -0.1) is 0 Å². The van der Waals surface area contributed by atoms with Crippen LogP contribution in [0.2, 0.25) is 10.0 Å². The zero-order valence-electron chi connectivity index (χ0n) is 20.4. The highest BCUT2D eigenvalue weighted by Crippen LogP contribution is 2.43. The molecule has 1 saturated heterocycles. The molecule has 1 atom stereocenters. The standard InChI is InChI=1S/C26H30Cl2FN3O3/c1-25(2,3)35-24(34)32-13-11-26(15-32,21-20(29)10-9-19(27)22(21)28)30-17-8-7-16-6-5-12-31(4)23(33)18(16)14-17/h7-10,14,30H,5-6,11-13,15H2,1-4H3/t26-/m1/s1. The van der Waals surface area contributed by atoms with E-state index >= 15 is 4.39 Å². The molecule has 2 amide bonds. The summed E-state index contributed by atoms with van der Waals surface area (Å²) in [5.74, 6) is -0.576. The minimum atomic E-state index is -1.07. The van der Waals surface area contributed by atoms with Gasteiger partial charge in [0, 0.05) is 37.0 Å². The Morgan fingerprint density at radius 1 is 1.17 bits per heavy atom. The molecule has 2 aliphatic heterocycles. The Kier molecular flexibility index (Phi) is 6.95. The summed E-state index contributed by atoms with van der Waals surface area (Å²) in [5, 5.41) is 3.74. The van der Waals surface area contributed by atoms with E-state index in [9.17, 15) is 9.59 Å². The molecular weight excluding hydrogens is 492 g/mol. The molecule has 0 aromatic heterocycles. The Labute approximate surface area is 215 Å². The van der Waals surface area contributed by atoms with E-state index in [4.69, 9.17) is 27.9 Å². The van der Waals surface area contributed by atoms with Crippen LogP contribution in [0.1, 0.15) is 55.1 Å². The van der Waals surface area contributed by atoms with Crippen LogP contribution in [-0.2, 0) is 16.7 Å². The van der Waals surface area contributed by atoms with E-state index in [1.807, 2.05) is 12.1 Å². The Balaban J connectivity index is 1.75. The molecule has 0 spiro atoms. The van der Waals surface area contributed by atoms with Crippen molar-refractivity contribution in [1.82, 2.24) is 9.80 Å². The number of likely N-dealkylation sites (tertiary alicyclic amines) is 1. The highest BCUT2D eigenvalue weighted by Gasteiger charge is 2.46. The van der Waals surface area contributed by atoms with Crippen molar-refractivity contribution >= 4 is 40.9 Å². The number of aryl methyl sites for hydroxylation is 1. The maximum atomic E-state index is 15.3. The minimum Gasteiger partial charge on any atom is -0.444 e. The number of benzene rings is 2. The molecule has 2 aromatic rings. The van der Waals surface area contributed by atoms with E-state index in [0.29, 0.717) is 30.8 Å². The van der Waals surface area contributed by atoms with E-state index in [2.05, 4.69) is 5.32 Å². The van der Waals surface area contributed by atoms with E-state index in [1.54, 1.807) is 38.8 Å². The summed E-state index contributed by atoms with van der Waals surface area (Å²) in [6.07, 6.45) is 1.57. The third-order valence-corrected chi connectivity index (χ3v) is 7.26. The molecule has 1 N–H and O–H groups in total. The van der Waals surface area contributed by atoms with Gasteiger partial charge in [-0.1, -0.05) is 29.3 Å².